The van der Waals surface area contributed by atoms with Crippen LogP contribution in [0.2, 0.25) is 0 Å². The Bertz CT molecular complexity index is 1550. The maximum atomic E-state index is 13.1. The highest BCUT2D eigenvalue weighted by molar-refractivity contribution is 7.89. The average molecular weight is 542 g/mol. The Kier molecular flexibility index (Phi) is 8.05. The van der Waals surface area contributed by atoms with Crippen molar-refractivity contribution in [2.75, 3.05) is 20.2 Å². The fourth-order valence-corrected chi connectivity index (χ4v) is 6.20. The summed E-state index contributed by atoms with van der Waals surface area (Å²) >= 11 is 0. The van der Waals surface area contributed by atoms with Crippen LogP contribution in [0.4, 0.5) is 0 Å². The molecule has 1 saturated heterocycles. The molecule has 7 nitrogen and oxygen atoms in total. The first-order valence-electron chi connectivity index (χ1n) is 13.1. The molecule has 8 heteroatoms. The molecule has 0 radical (unpaired) electrons. The van der Waals surface area contributed by atoms with Crippen molar-refractivity contribution >= 4 is 21.9 Å². The molecule has 1 aliphatic rings. The fraction of sp³-hybridized carbons (Fsp3) is 0.226. The number of nitrogens with zero attached hydrogens (tertiary/aromatic N) is 3. The minimum Gasteiger partial charge on any atom is -0.497 e. The van der Waals surface area contributed by atoms with Gasteiger partial charge in [-0.15, -0.1) is 0 Å². The van der Waals surface area contributed by atoms with E-state index in [4.69, 9.17) is 9.84 Å². The zero-order valence-electron chi connectivity index (χ0n) is 21.9. The highest BCUT2D eigenvalue weighted by atomic mass is 32.2. The smallest absolute Gasteiger partial charge is 0.243 e. The molecule has 4 aromatic rings. The lowest BCUT2D eigenvalue weighted by molar-refractivity contribution is 0.104. The molecule has 0 atom stereocenters. The minimum atomic E-state index is -3.56. The predicted octanol–water partition coefficient (Wildman–Crippen LogP) is 6.01. The van der Waals surface area contributed by atoms with Crippen LogP contribution in [0.15, 0.2) is 96.0 Å². The number of aromatic nitrogens is 2. The Morgan fingerprint density at radius 1 is 0.872 bits per heavy atom. The molecule has 1 fully saturated rings. The summed E-state index contributed by atoms with van der Waals surface area (Å²) in [6.07, 6.45) is 8.98. The normalized spacial score (nSPS) is 14.8. The Balaban J connectivity index is 1.39. The molecule has 0 saturated carbocycles. The lowest BCUT2D eigenvalue weighted by atomic mass is 10.1. The van der Waals surface area contributed by atoms with Gasteiger partial charge in [-0.25, -0.2) is 13.1 Å². The highest BCUT2D eigenvalue weighted by Crippen LogP contribution is 2.27. The van der Waals surface area contributed by atoms with Crippen molar-refractivity contribution in [2.24, 2.45) is 0 Å². The summed E-state index contributed by atoms with van der Waals surface area (Å²) in [5, 5.41) is 4.79. The summed E-state index contributed by atoms with van der Waals surface area (Å²) in [5.74, 6) is 0.525. The molecule has 0 unspecified atom stereocenters. The van der Waals surface area contributed by atoms with E-state index in [1.54, 1.807) is 34.3 Å². The van der Waals surface area contributed by atoms with Gasteiger partial charge < -0.3 is 4.74 Å². The number of sulfonamides is 1. The van der Waals surface area contributed by atoms with E-state index >= 15 is 0 Å². The van der Waals surface area contributed by atoms with Crippen molar-refractivity contribution in [3.05, 3.63) is 102 Å². The van der Waals surface area contributed by atoms with Gasteiger partial charge in [-0.3, -0.25) is 4.79 Å². The van der Waals surface area contributed by atoms with E-state index in [0.29, 0.717) is 18.7 Å². The van der Waals surface area contributed by atoms with Crippen LogP contribution in [-0.2, 0) is 10.0 Å². The molecular formula is C31H31N3O4S. The first kappa shape index (κ1) is 26.6. The minimum absolute atomic E-state index is 0.218. The molecule has 2 heterocycles. The number of rotatable bonds is 8. The van der Waals surface area contributed by atoms with E-state index < -0.39 is 10.0 Å². The summed E-state index contributed by atoms with van der Waals surface area (Å²) in [6, 6.07) is 23.6. The van der Waals surface area contributed by atoms with E-state index in [1.807, 2.05) is 60.8 Å². The summed E-state index contributed by atoms with van der Waals surface area (Å²) in [6.45, 7) is 1.08. The number of carbonyl (C=O) groups excluding carboxylic acids is 1. The predicted molar refractivity (Wildman–Crippen MR) is 153 cm³/mol. The van der Waals surface area contributed by atoms with Gasteiger partial charge in [-0.1, -0.05) is 31.0 Å². The molecule has 5 rings (SSSR count). The lowest BCUT2D eigenvalue weighted by Gasteiger charge is -2.19. The summed E-state index contributed by atoms with van der Waals surface area (Å²) in [4.78, 5) is 13.3. The Labute approximate surface area is 229 Å². The third-order valence-electron chi connectivity index (χ3n) is 6.88. The van der Waals surface area contributed by atoms with Gasteiger partial charge in [0.05, 0.1) is 23.4 Å². The number of carbonyl (C=O) groups is 1. The number of ketones is 1. The van der Waals surface area contributed by atoms with Crippen LogP contribution in [0, 0.1) is 0 Å². The monoisotopic (exact) mass is 541 g/mol. The number of hydrogen-bond donors (Lipinski definition) is 0. The SMILES string of the molecule is COc1ccc(-c2nn(-c3ccccc3)cc2/C=C/C(=O)c2ccc(S(=O)(=O)N3CCCCCC3)cc2)cc1. The van der Waals surface area contributed by atoms with Gasteiger partial charge in [0, 0.05) is 36.0 Å². The Morgan fingerprint density at radius 3 is 2.18 bits per heavy atom. The number of benzene rings is 3. The van der Waals surface area contributed by atoms with Crippen molar-refractivity contribution < 1.29 is 17.9 Å². The Hall–Kier alpha value is -4.01. The maximum absolute atomic E-state index is 13.1. The highest BCUT2D eigenvalue weighted by Gasteiger charge is 2.25. The standard InChI is InChI=1S/C31H31N3O4S/c1-38-28-16-11-25(12-17-28)31-26(23-34(32-31)27-9-5-4-6-10-27)15-20-30(35)24-13-18-29(19-14-24)39(36,37)33-21-7-2-3-8-22-33/h4-6,9-20,23H,2-3,7-8,21-22H2,1H3/b20-15+. The maximum Gasteiger partial charge on any atom is 0.243 e. The number of hydrogen-bond acceptors (Lipinski definition) is 5. The van der Waals surface area contributed by atoms with E-state index in [0.717, 1.165) is 53.9 Å². The van der Waals surface area contributed by atoms with Crippen LogP contribution < -0.4 is 4.74 Å². The first-order valence-corrected chi connectivity index (χ1v) is 14.5. The van der Waals surface area contributed by atoms with Crippen molar-refractivity contribution in [3.8, 4) is 22.7 Å². The Morgan fingerprint density at radius 2 is 1.54 bits per heavy atom. The number of ether oxygens (including phenoxy) is 1. The summed E-state index contributed by atoms with van der Waals surface area (Å²) in [5.41, 5.74) is 3.71. The molecule has 1 aliphatic heterocycles. The number of para-hydroxylation sites is 1. The van der Waals surface area contributed by atoms with Crippen LogP contribution in [0.1, 0.15) is 41.6 Å². The van der Waals surface area contributed by atoms with Gasteiger partial charge in [0.25, 0.3) is 0 Å². The molecular weight excluding hydrogens is 510 g/mol. The van der Waals surface area contributed by atoms with Crippen molar-refractivity contribution in [3.63, 3.8) is 0 Å². The molecule has 0 N–H and O–H groups in total. The summed E-state index contributed by atoms with van der Waals surface area (Å²) < 4.78 is 34.8. The van der Waals surface area contributed by atoms with Crippen molar-refractivity contribution in [1.82, 2.24) is 14.1 Å². The first-order chi connectivity index (χ1) is 19.0. The number of allylic oxidation sites excluding steroid dienone is 1. The average Bonchev–Trinajstić information content (AvgIpc) is 3.20. The fourth-order valence-electron chi connectivity index (χ4n) is 4.68. The largest absolute Gasteiger partial charge is 0.497 e. The van der Waals surface area contributed by atoms with Gasteiger partial charge in [-0.2, -0.15) is 9.40 Å². The molecule has 200 valence electrons. The van der Waals surface area contributed by atoms with Crippen LogP contribution >= 0.6 is 0 Å². The van der Waals surface area contributed by atoms with Gasteiger partial charge in [0.1, 0.15) is 5.75 Å². The van der Waals surface area contributed by atoms with Crippen LogP contribution in [0.25, 0.3) is 23.0 Å². The molecule has 3 aromatic carbocycles. The zero-order chi connectivity index (χ0) is 27.2. The van der Waals surface area contributed by atoms with E-state index in [-0.39, 0.29) is 10.7 Å². The second kappa shape index (κ2) is 11.8. The van der Waals surface area contributed by atoms with Crippen LogP contribution in [0.3, 0.4) is 0 Å². The van der Waals surface area contributed by atoms with Gasteiger partial charge >= 0.3 is 0 Å². The van der Waals surface area contributed by atoms with E-state index in [9.17, 15) is 13.2 Å². The second-order valence-electron chi connectivity index (χ2n) is 9.48. The van der Waals surface area contributed by atoms with Crippen molar-refractivity contribution in [1.29, 1.82) is 0 Å². The quantitative estimate of drug-likeness (QED) is 0.202. The molecule has 0 bridgehead atoms. The number of methoxy groups -OCH3 is 1. The van der Waals surface area contributed by atoms with E-state index in [2.05, 4.69) is 0 Å². The topological polar surface area (TPSA) is 81.5 Å². The lowest BCUT2D eigenvalue weighted by Crippen LogP contribution is -2.31. The third-order valence-corrected chi connectivity index (χ3v) is 8.80. The van der Waals surface area contributed by atoms with Gasteiger partial charge in [-0.05, 0) is 85.7 Å². The third kappa shape index (κ3) is 6.02. The molecule has 39 heavy (non-hydrogen) atoms. The zero-order valence-corrected chi connectivity index (χ0v) is 22.7. The van der Waals surface area contributed by atoms with Gasteiger partial charge in [0.2, 0.25) is 10.0 Å². The summed E-state index contributed by atoms with van der Waals surface area (Å²) in [7, 11) is -1.94. The second-order valence-corrected chi connectivity index (χ2v) is 11.4. The van der Waals surface area contributed by atoms with Gasteiger partial charge in [0.15, 0.2) is 5.78 Å². The van der Waals surface area contributed by atoms with Crippen LogP contribution in [0.5, 0.6) is 5.75 Å². The molecule has 0 aliphatic carbocycles. The molecule has 0 amide bonds. The molecule has 0 spiro atoms. The van der Waals surface area contributed by atoms with Crippen LogP contribution in [-0.4, -0.2) is 48.5 Å². The molecule has 1 aromatic heterocycles. The van der Waals surface area contributed by atoms with Crippen molar-refractivity contribution in [2.45, 2.75) is 30.6 Å². The van der Waals surface area contributed by atoms with E-state index in [1.165, 1.54) is 18.2 Å².